The molecule has 1 fully saturated rings. The normalized spacial score (nSPS) is 14.8. The van der Waals surface area contributed by atoms with Crippen molar-refractivity contribution in [3.63, 3.8) is 0 Å². The van der Waals surface area contributed by atoms with Gasteiger partial charge in [0.25, 0.3) is 17.4 Å². The van der Waals surface area contributed by atoms with E-state index in [1.54, 1.807) is 31.4 Å². The second-order valence-corrected chi connectivity index (χ2v) is 12.7. The van der Waals surface area contributed by atoms with E-state index in [0.29, 0.717) is 17.0 Å². The minimum atomic E-state index is -0.966. The number of amides is 2. The van der Waals surface area contributed by atoms with Crippen LogP contribution in [-0.2, 0) is 4.79 Å². The molecule has 8 nitrogen and oxygen atoms in total. The number of benzene rings is 2. The summed E-state index contributed by atoms with van der Waals surface area (Å²) in [5.41, 5.74) is 0.703. The topological polar surface area (TPSA) is 105 Å². The van der Waals surface area contributed by atoms with Crippen molar-refractivity contribution >= 4 is 27.5 Å². The molecule has 0 bridgehead atoms. The summed E-state index contributed by atoms with van der Waals surface area (Å²) in [7, 11) is 2.20. The molecule has 34 heavy (non-hydrogen) atoms. The highest BCUT2D eigenvalue weighted by atomic mass is 32.3. The van der Waals surface area contributed by atoms with Crippen LogP contribution in [0.15, 0.2) is 68.8 Å². The lowest BCUT2D eigenvalue weighted by molar-refractivity contribution is -0.120. The van der Waals surface area contributed by atoms with Gasteiger partial charge < -0.3 is 19.5 Å². The average molecular weight is 484 g/mol. The molecule has 180 valence electrons. The van der Waals surface area contributed by atoms with E-state index >= 15 is 0 Å². The lowest BCUT2D eigenvalue weighted by Crippen LogP contribution is -2.38. The number of anilines is 1. The predicted molar refractivity (Wildman–Crippen MR) is 133 cm³/mol. The fourth-order valence-corrected chi connectivity index (χ4v) is 6.50. The highest BCUT2D eigenvalue weighted by Gasteiger charge is 2.35. The number of carbonyl (C=O) groups is 2. The molecule has 1 aliphatic carbocycles. The summed E-state index contributed by atoms with van der Waals surface area (Å²) >= 11 is 0. The number of nitrogens with one attached hydrogen (secondary N) is 2. The van der Waals surface area contributed by atoms with Gasteiger partial charge >= 0.3 is 0 Å². The van der Waals surface area contributed by atoms with Crippen LogP contribution in [0.3, 0.4) is 0 Å². The fourth-order valence-electron chi connectivity index (χ4n) is 3.97. The van der Waals surface area contributed by atoms with Gasteiger partial charge in [0.1, 0.15) is 11.8 Å². The summed E-state index contributed by atoms with van der Waals surface area (Å²) in [6.45, 7) is 0. The molecule has 0 aliphatic heterocycles. The largest absolute Gasteiger partial charge is 0.497 e. The van der Waals surface area contributed by atoms with E-state index in [9.17, 15) is 14.4 Å². The Balaban J connectivity index is 1.59. The maximum Gasteiger partial charge on any atom is 0.293 e. The zero-order chi connectivity index (χ0) is 24.5. The molecule has 1 aliphatic rings. The molecule has 0 saturated heterocycles. The van der Waals surface area contributed by atoms with Gasteiger partial charge in [-0.1, -0.05) is 12.1 Å². The Hall–Kier alpha value is -3.46. The average Bonchev–Trinajstić information content (AvgIpc) is 3.61. The monoisotopic (exact) mass is 483 g/mol. The Morgan fingerprint density at radius 3 is 2.29 bits per heavy atom. The molecule has 1 saturated carbocycles. The number of aromatic amines is 1. The minimum Gasteiger partial charge on any atom is -0.497 e. The Kier molecular flexibility index (Phi) is 6.56. The van der Waals surface area contributed by atoms with Gasteiger partial charge in [0.2, 0.25) is 5.76 Å². The van der Waals surface area contributed by atoms with E-state index in [2.05, 4.69) is 35.1 Å². The van der Waals surface area contributed by atoms with Crippen molar-refractivity contribution in [1.29, 1.82) is 0 Å². The molecular weight excluding hydrogens is 454 g/mol. The number of H-pyrrole nitrogens is 1. The van der Waals surface area contributed by atoms with Crippen molar-refractivity contribution in [2.75, 3.05) is 32.0 Å². The number of methoxy groups -OCH3 is 1. The second kappa shape index (κ2) is 9.42. The van der Waals surface area contributed by atoms with Crippen LogP contribution in [0.2, 0.25) is 0 Å². The first-order chi connectivity index (χ1) is 16.2. The molecule has 3 aromatic rings. The first-order valence-corrected chi connectivity index (χ1v) is 13.4. The molecule has 1 atom stereocenters. The molecule has 2 aromatic carbocycles. The summed E-state index contributed by atoms with van der Waals surface area (Å²) in [4.78, 5) is 40.4. The lowest BCUT2D eigenvalue weighted by Gasteiger charge is -2.32. The zero-order valence-corrected chi connectivity index (χ0v) is 20.5. The van der Waals surface area contributed by atoms with E-state index < -0.39 is 27.5 Å². The SMILES string of the molecule is COc1ccc(C(C(=O)Nc2ccc(S(C)(C)C3CC3)cc2)N(C)C(=O)c2cc(=O)[nH]o2)cc1. The third-order valence-electron chi connectivity index (χ3n) is 6.21. The molecule has 1 heterocycles. The number of ether oxygens (including phenoxy) is 1. The number of rotatable bonds is 8. The quantitative estimate of drug-likeness (QED) is 0.504. The van der Waals surface area contributed by atoms with Gasteiger partial charge in [-0.2, -0.15) is 5.16 Å². The van der Waals surface area contributed by atoms with E-state index in [4.69, 9.17) is 9.26 Å². The third kappa shape index (κ3) is 4.89. The molecule has 0 spiro atoms. The Morgan fingerprint density at radius 1 is 1.12 bits per heavy atom. The van der Waals surface area contributed by atoms with Gasteiger partial charge in [0.15, 0.2) is 0 Å². The molecule has 4 rings (SSSR count). The second-order valence-electron chi connectivity index (χ2n) is 8.79. The summed E-state index contributed by atoms with van der Waals surface area (Å²) in [6.07, 6.45) is 7.23. The number of nitrogens with zero attached hydrogens (tertiary/aromatic N) is 1. The van der Waals surface area contributed by atoms with Crippen molar-refractivity contribution in [2.45, 2.75) is 29.0 Å². The molecule has 1 unspecified atom stereocenters. The van der Waals surface area contributed by atoms with Gasteiger partial charge in [-0.3, -0.25) is 14.4 Å². The highest BCUT2D eigenvalue weighted by Crippen LogP contribution is 2.62. The van der Waals surface area contributed by atoms with Crippen LogP contribution in [0.1, 0.15) is 35.0 Å². The zero-order valence-electron chi connectivity index (χ0n) is 19.7. The van der Waals surface area contributed by atoms with Crippen molar-refractivity contribution in [2.24, 2.45) is 0 Å². The van der Waals surface area contributed by atoms with Crippen molar-refractivity contribution < 1.29 is 18.8 Å². The van der Waals surface area contributed by atoms with E-state index in [-0.39, 0.29) is 11.7 Å². The Morgan fingerprint density at radius 2 is 1.76 bits per heavy atom. The molecule has 9 heteroatoms. The number of hydrogen-bond acceptors (Lipinski definition) is 5. The Labute approximate surface area is 199 Å². The maximum atomic E-state index is 13.4. The van der Waals surface area contributed by atoms with Crippen LogP contribution in [0.5, 0.6) is 5.75 Å². The maximum absolute atomic E-state index is 13.4. The smallest absolute Gasteiger partial charge is 0.293 e. The summed E-state index contributed by atoms with van der Waals surface area (Å²) in [5, 5.41) is 5.81. The number of likely N-dealkylation sites (N-methyl/N-ethyl adjacent to an activating group) is 1. The van der Waals surface area contributed by atoms with Crippen LogP contribution < -0.4 is 15.6 Å². The van der Waals surface area contributed by atoms with Crippen LogP contribution in [0.4, 0.5) is 5.69 Å². The summed E-state index contributed by atoms with van der Waals surface area (Å²) < 4.78 is 10.2. The van der Waals surface area contributed by atoms with Gasteiger partial charge in [-0.05, 0) is 77.5 Å². The number of carbonyl (C=O) groups excluding carboxylic acids is 2. The van der Waals surface area contributed by atoms with Crippen molar-refractivity contribution in [1.82, 2.24) is 10.1 Å². The Bertz CT molecular complexity index is 1230. The molecule has 2 amide bonds. The minimum absolute atomic E-state index is 0.173. The molecule has 2 N–H and O–H groups in total. The van der Waals surface area contributed by atoms with Crippen molar-refractivity contribution in [3.05, 3.63) is 76.3 Å². The lowest BCUT2D eigenvalue weighted by atomic mass is 10.0. The van der Waals surface area contributed by atoms with Gasteiger partial charge in [-0.25, -0.2) is 10.0 Å². The fraction of sp³-hybridized carbons (Fsp3) is 0.320. The molecule has 0 radical (unpaired) electrons. The summed E-state index contributed by atoms with van der Waals surface area (Å²) in [6, 6.07) is 15.0. The van der Waals surface area contributed by atoms with E-state index in [0.717, 1.165) is 11.3 Å². The first-order valence-electron chi connectivity index (χ1n) is 10.9. The molecular formula is C25H29N3O5S. The number of aromatic nitrogens is 1. The van der Waals surface area contributed by atoms with Crippen LogP contribution in [-0.4, -0.2) is 53.8 Å². The van der Waals surface area contributed by atoms with Crippen LogP contribution in [0, 0.1) is 0 Å². The first kappa shape index (κ1) is 23.7. The van der Waals surface area contributed by atoms with Gasteiger partial charge in [0, 0.05) is 12.7 Å². The third-order valence-corrected chi connectivity index (χ3v) is 9.83. The van der Waals surface area contributed by atoms with E-state index in [1.165, 1.54) is 29.7 Å². The van der Waals surface area contributed by atoms with Crippen LogP contribution in [0.25, 0.3) is 0 Å². The standard InChI is InChI=1S/C25H29N3O5S/c1-28(25(31)21-15-22(29)27-33-21)23(16-5-9-18(32-2)10-6-16)24(30)26-17-7-11-19(12-8-17)34(3,4)20-13-14-20/h5-12,15,20,23H,13-14H2,1-4H3,(H,26,30)(H,27,29). The summed E-state index contributed by atoms with van der Waals surface area (Å²) in [5.74, 6) is -0.529. The van der Waals surface area contributed by atoms with Gasteiger partial charge in [-0.15, -0.1) is 0 Å². The molecule has 1 aromatic heterocycles. The van der Waals surface area contributed by atoms with Gasteiger partial charge in [0.05, 0.1) is 13.2 Å². The van der Waals surface area contributed by atoms with E-state index in [1.807, 2.05) is 12.1 Å². The predicted octanol–water partition coefficient (Wildman–Crippen LogP) is 4.01. The van der Waals surface area contributed by atoms with Crippen LogP contribution >= 0.6 is 10.0 Å². The highest BCUT2D eigenvalue weighted by molar-refractivity contribution is 8.33. The van der Waals surface area contributed by atoms with Crippen molar-refractivity contribution in [3.8, 4) is 5.75 Å². The number of hydrogen-bond donors (Lipinski definition) is 2.